The van der Waals surface area contributed by atoms with Gasteiger partial charge in [0.15, 0.2) is 0 Å². The molecule has 166 valence electrons. The van der Waals surface area contributed by atoms with E-state index >= 15 is 0 Å². The first-order valence-corrected chi connectivity index (χ1v) is 8.47. The van der Waals surface area contributed by atoms with Gasteiger partial charge in [0.1, 0.15) is 0 Å². The van der Waals surface area contributed by atoms with Gasteiger partial charge in [0.05, 0.1) is 26.7 Å². The molecule has 3 aromatic rings. The van der Waals surface area contributed by atoms with E-state index in [0.717, 1.165) is 42.6 Å². The van der Waals surface area contributed by atoms with Crippen LogP contribution in [0.2, 0.25) is 0 Å². The average molecular weight is 457 g/mol. The Bertz CT molecular complexity index is 1110. The van der Waals surface area contributed by atoms with Gasteiger partial charge in [-0.25, -0.2) is 0 Å². The van der Waals surface area contributed by atoms with Crippen molar-refractivity contribution < 1.29 is 36.2 Å². The maximum atomic E-state index is 13.4. The molecule has 0 saturated carbocycles. The lowest BCUT2D eigenvalue weighted by atomic mass is 9.98. The summed E-state index contributed by atoms with van der Waals surface area (Å²) < 4.78 is 80.3. The smallest absolute Gasteiger partial charge is 0.258 e. The quantitative estimate of drug-likeness (QED) is 0.261. The molecule has 0 aliphatic heterocycles. The van der Waals surface area contributed by atoms with E-state index in [0.29, 0.717) is 12.1 Å². The van der Waals surface area contributed by atoms with Crippen LogP contribution in [0, 0.1) is 20.2 Å². The number of benzene rings is 2. The van der Waals surface area contributed by atoms with Crippen LogP contribution in [-0.4, -0.2) is 14.8 Å². The standard InChI is InChI=1S/C19H9F6N3O4/c20-18(21,22)15-7-11(27(29)30)2-4-13(15)10-1-6-17(26-9-10)14-5-3-12(28(31)32)8-16(14)19(23,24)25/h1-9H. The molecular weight excluding hydrogens is 448 g/mol. The highest BCUT2D eigenvalue weighted by Gasteiger charge is 2.37. The van der Waals surface area contributed by atoms with E-state index in [2.05, 4.69) is 4.98 Å². The van der Waals surface area contributed by atoms with Crippen molar-refractivity contribution in [2.45, 2.75) is 12.4 Å². The van der Waals surface area contributed by atoms with E-state index in [-0.39, 0.29) is 11.3 Å². The van der Waals surface area contributed by atoms with Gasteiger partial charge in [0.25, 0.3) is 11.4 Å². The molecule has 0 spiro atoms. The third-order valence-corrected chi connectivity index (χ3v) is 4.39. The number of nitro groups is 2. The summed E-state index contributed by atoms with van der Waals surface area (Å²) in [7, 11) is 0. The summed E-state index contributed by atoms with van der Waals surface area (Å²) >= 11 is 0. The molecule has 1 heterocycles. The average Bonchev–Trinajstić information content (AvgIpc) is 2.71. The van der Waals surface area contributed by atoms with E-state index in [9.17, 15) is 46.6 Å². The summed E-state index contributed by atoms with van der Waals surface area (Å²) in [6.45, 7) is 0. The van der Waals surface area contributed by atoms with Crippen LogP contribution in [0.1, 0.15) is 11.1 Å². The van der Waals surface area contributed by atoms with E-state index in [4.69, 9.17) is 0 Å². The number of nitro benzene ring substituents is 2. The summed E-state index contributed by atoms with van der Waals surface area (Å²) in [5, 5.41) is 21.6. The Balaban J connectivity index is 2.10. The fraction of sp³-hybridized carbons (Fsp3) is 0.105. The Morgan fingerprint density at radius 1 is 0.688 bits per heavy atom. The van der Waals surface area contributed by atoms with Crippen molar-refractivity contribution in [3.05, 3.63) is 86.1 Å². The molecular formula is C19H9F6N3O4. The zero-order valence-electron chi connectivity index (χ0n) is 15.4. The van der Waals surface area contributed by atoms with Crippen molar-refractivity contribution in [2.75, 3.05) is 0 Å². The van der Waals surface area contributed by atoms with Crippen molar-refractivity contribution in [3.8, 4) is 22.4 Å². The monoisotopic (exact) mass is 457 g/mol. The van der Waals surface area contributed by atoms with Gasteiger partial charge in [0, 0.05) is 41.6 Å². The van der Waals surface area contributed by atoms with Gasteiger partial charge in [0.2, 0.25) is 0 Å². The lowest BCUT2D eigenvalue weighted by Gasteiger charge is -2.14. The van der Waals surface area contributed by atoms with Crippen LogP contribution >= 0.6 is 0 Å². The third kappa shape index (κ3) is 4.50. The van der Waals surface area contributed by atoms with Gasteiger partial charge in [-0.3, -0.25) is 25.2 Å². The Kier molecular flexibility index (Phi) is 5.60. The summed E-state index contributed by atoms with van der Waals surface area (Å²) in [5.41, 5.74) is -5.62. The molecule has 7 nitrogen and oxygen atoms in total. The number of alkyl halides is 6. The second-order valence-electron chi connectivity index (χ2n) is 6.40. The minimum absolute atomic E-state index is 0.147. The normalized spacial score (nSPS) is 11.9. The molecule has 0 fully saturated rings. The predicted molar refractivity (Wildman–Crippen MR) is 98.4 cm³/mol. The molecule has 0 amide bonds. The van der Waals surface area contributed by atoms with Crippen molar-refractivity contribution >= 4 is 11.4 Å². The number of hydrogen-bond acceptors (Lipinski definition) is 5. The first kappa shape index (κ1) is 22.7. The molecule has 3 rings (SSSR count). The minimum atomic E-state index is -4.95. The second-order valence-corrected chi connectivity index (χ2v) is 6.40. The Morgan fingerprint density at radius 2 is 1.16 bits per heavy atom. The number of pyridine rings is 1. The summed E-state index contributed by atoms with van der Waals surface area (Å²) in [5.74, 6) is 0. The molecule has 0 bridgehead atoms. The predicted octanol–water partition coefficient (Wildman–Crippen LogP) is 6.27. The highest BCUT2D eigenvalue weighted by Crippen LogP contribution is 2.41. The Hall–Kier alpha value is -4.03. The van der Waals surface area contributed by atoms with Crippen LogP contribution in [0.25, 0.3) is 22.4 Å². The van der Waals surface area contributed by atoms with Gasteiger partial charge >= 0.3 is 12.4 Å². The molecule has 32 heavy (non-hydrogen) atoms. The van der Waals surface area contributed by atoms with Crippen LogP contribution in [0.3, 0.4) is 0 Å². The van der Waals surface area contributed by atoms with Gasteiger partial charge < -0.3 is 0 Å². The van der Waals surface area contributed by atoms with Gasteiger partial charge in [-0.2, -0.15) is 26.3 Å². The van der Waals surface area contributed by atoms with Gasteiger partial charge in [-0.15, -0.1) is 0 Å². The van der Waals surface area contributed by atoms with Gasteiger partial charge in [-0.05, 0) is 23.8 Å². The highest BCUT2D eigenvalue weighted by molar-refractivity contribution is 5.73. The maximum absolute atomic E-state index is 13.4. The van der Waals surface area contributed by atoms with Crippen LogP contribution in [0.15, 0.2) is 54.7 Å². The lowest BCUT2D eigenvalue weighted by molar-refractivity contribution is -0.385. The molecule has 0 atom stereocenters. The fourth-order valence-electron chi connectivity index (χ4n) is 2.95. The molecule has 2 aromatic carbocycles. The molecule has 0 saturated heterocycles. The number of hydrogen-bond donors (Lipinski definition) is 0. The number of rotatable bonds is 4. The molecule has 1 aromatic heterocycles. The summed E-state index contributed by atoms with van der Waals surface area (Å²) in [6, 6.07) is 6.19. The van der Waals surface area contributed by atoms with Crippen molar-refractivity contribution in [3.63, 3.8) is 0 Å². The van der Waals surface area contributed by atoms with Crippen LogP contribution in [-0.2, 0) is 12.4 Å². The topological polar surface area (TPSA) is 99.2 Å². The lowest BCUT2D eigenvalue weighted by Crippen LogP contribution is -2.09. The van der Waals surface area contributed by atoms with E-state index < -0.39 is 55.8 Å². The van der Waals surface area contributed by atoms with Crippen LogP contribution < -0.4 is 0 Å². The zero-order chi connectivity index (χ0) is 23.8. The van der Waals surface area contributed by atoms with Crippen molar-refractivity contribution in [2.24, 2.45) is 0 Å². The number of non-ortho nitro benzene ring substituents is 2. The number of nitrogens with zero attached hydrogens (tertiary/aromatic N) is 3. The van der Waals surface area contributed by atoms with E-state index in [1.165, 1.54) is 0 Å². The fourth-order valence-corrected chi connectivity index (χ4v) is 2.95. The minimum Gasteiger partial charge on any atom is -0.258 e. The maximum Gasteiger partial charge on any atom is 0.417 e. The first-order valence-electron chi connectivity index (χ1n) is 8.47. The third-order valence-electron chi connectivity index (χ3n) is 4.39. The summed E-state index contributed by atoms with van der Waals surface area (Å²) in [6.07, 6.45) is -9.02. The van der Waals surface area contributed by atoms with Crippen LogP contribution in [0.5, 0.6) is 0 Å². The van der Waals surface area contributed by atoms with E-state index in [1.807, 2.05) is 0 Å². The van der Waals surface area contributed by atoms with Crippen molar-refractivity contribution in [1.29, 1.82) is 0 Å². The molecule has 0 aliphatic rings. The molecule has 0 aliphatic carbocycles. The highest BCUT2D eigenvalue weighted by atomic mass is 19.4. The Morgan fingerprint density at radius 3 is 1.56 bits per heavy atom. The summed E-state index contributed by atoms with van der Waals surface area (Å²) in [4.78, 5) is 23.4. The number of halogens is 6. The Labute approximate surface area is 174 Å². The molecule has 13 heteroatoms. The van der Waals surface area contributed by atoms with E-state index in [1.54, 1.807) is 0 Å². The SMILES string of the molecule is O=[N+]([O-])c1ccc(-c2ccc(-c3ccc([N+](=O)[O-])cc3C(F)(F)F)nc2)c(C(F)(F)F)c1. The second kappa shape index (κ2) is 7.90. The van der Waals surface area contributed by atoms with Crippen molar-refractivity contribution in [1.82, 2.24) is 4.98 Å². The molecule has 0 radical (unpaired) electrons. The molecule has 0 N–H and O–H groups in total. The first-order chi connectivity index (χ1) is 14.8. The largest absolute Gasteiger partial charge is 0.417 e. The molecule has 0 unspecified atom stereocenters. The van der Waals surface area contributed by atoms with Gasteiger partial charge in [-0.1, -0.05) is 6.07 Å². The van der Waals surface area contributed by atoms with Crippen LogP contribution in [0.4, 0.5) is 37.7 Å². The number of aromatic nitrogens is 1. The zero-order valence-corrected chi connectivity index (χ0v) is 15.4.